The summed E-state index contributed by atoms with van der Waals surface area (Å²) >= 11 is 0. The fourth-order valence-electron chi connectivity index (χ4n) is 1.24. The molecule has 94 valence electrons. The second-order valence-corrected chi connectivity index (χ2v) is 3.41. The number of aliphatic hydroxyl groups is 4. The molecule has 0 aromatic heterocycles. The highest BCUT2D eigenvalue weighted by Crippen LogP contribution is 2.14. The fraction of sp³-hybridized carbons (Fsp3) is 1.00. The van der Waals surface area contributed by atoms with Crippen molar-refractivity contribution in [2.24, 2.45) is 10.4 Å². The molecule has 8 heteroatoms. The summed E-state index contributed by atoms with van der Waals surface area (Å²) in [6.07, 6.45) is -4.94. The lowest BCUT2D eigenvalue weighted by molar-refractivity contribution is -0.0801. The van der Waals surface area contributed by atoms with E-state index in [0.29, 0.717) is 0 Å². The van der Waals surface area contributed by atoms with E-state index in [1.54, 1.807) is 6.92 Å². The molecule has 8 nitrogen and oxygen atoms in total. The maximum Gasteiger partial charge on any atom is 0.143 e. The Morgan fingerprint density at radius 2 is 1.38 bits per heavy atom. The molecule has 0 saturated carbocycles. The van der Waals surface area contributed by atoms with Crippen molar-refractivity contribution in [3.63, 3.8) is 0 Å². The average Bonchev–Trinajstić information content (AvgIpc) is 2.30. The van der Waals surface area contributed by atoms with Gasteiger partial charge >= 0.3 is 0 Å². The second-order valence-electron chi connectivity index (χ2n) is 3.41. The van der Waals surface area contributed by atoms with Crippen LogP contribution in [0.3, 0.4) is 0 Å². The molecule has 0 aromatic rings. The fourth-order valence-corrected chi connectivity index (χ4v) is 1.24. The van der Waals surface area contributed by atoms with Crippen molar-refractivity contribution in [1.29, 1.82) is 0 Å². The van der Waals surface area contributed by atoms with Crippen LogP contribution in [0.15, 0.2) is 10.4 Å². The monoisotopic (exact) mass is 236 g/mol. The molecule has 0 aromatic carbocycles. The van der Waals surface area contributed by atoms with E-state index in [1.165, 1.54) is 0 Å². The molecule has 0 radical (unpaired) electrons. The van der Waals surface area contributed by atoms with Crippen LogP contribution < -0.4 is 0 Å². The van der Waals surface area contributed by atoms with Gasteiger partial charge in [0.05, 0.1) is 6.61 Å². The molecule has 5 atom stereocenters. The minimum absolute atomic E-state index is 0.173. The minimum atomic E-state index is -1.77. The van der Waals surface area contributed by atoms with Crippen molar-refractivity contribution in [3.8, 4) is 0 Å². The maximum absolute atomic E-state index is 10.3. The van der Waals surface area contributed by atoms with E-state index in [9.17, 15) is 25.1 Å². The summed E-state index contributed by atoms with van der Waals surface area (Å²) < 4.78 is 0. The molecule has 0 rings (SSSR count). The molecule has 0 aliphatic rings. The van der Waals surface area contributed by atoms with Gasteiger partial charge in [0.25, 0.3) is 0 Å². The first-order chi connectivity index (χ1) is 7.53. The topological polar surface area (TPSA) is 140 Å². The Bertz CT molecular complexity index is 205. The van der Waals surface area contributed by atoms with Crippen LogP contribution in [-0.4, -0.2) is 57.4 Å². The van der Waals surface area contributed by atoms with E-state index in [4.69, 9.17) is 5.11 Å². The zero-order chi connectivity index (χ0) is 12.7. The van der Waals surface area contributed by atoms with Gasteiger partial charge in [-0.05, 0) is 6.42 Å². The number of hydrogen-bond donors (Lipinski definition) is 4. The first-order valence-electron chi connectivity index (χ1n) is 4.83. The second kappa shape index (κ2) is 7.34. The van der Waals surface area contributed by atoms with Gasteiger partial charge in [0, 0.05) is 0 Å². The van der Waals surface area contributed by atoms with Gasteiger partial charge in [-0.1, -0.05) is 17.3 Å². The number of aliphatic hydroxyl groups excluding tert-OH is 4. The highest BCUT2D eigenvalue weighted by molar-refractivity contribution is 4.89. The van der Waals surface area contributed by atoms with E-state index in [-0.39, 0.29) is 6.42 Å². The maximum atomic E-state index is 10.3. The van der Waals surface area contributed by atoms with Gasteiger partial charge in [-0.3, -0.25) is 0 Å². The van der Waals surface area contributed by atoms with Gasteiger partial charge in [0.15, 0.2) is 0 Å². The predicted molar refractivity (Wildman–Crippen MR) is 54.6 cm³/mol. The van der Waals surface area contributed by atoms with E-state index in [0.717, 1.165) is 0 Å². The van der Waals surface area contributed by atoms with Crippen LogP contribution in [0.2, 0.25) is 0 Å². The molecule has 16 heavy (non-hydrogen) atoms. The SMILES string of the molecule is CCC(N=O)C(O)C(O)C(O)C(CO)N=O. The van der Waals surface area contributed by atoms with Crippen molar-refractivity contribution >= 4 is 0 Å². The lowest BCUT2D eigenvalue weighted by Crippen LogP contribution is -2.48. The zero-order valence-electron chi connectivity index (χ0n) is 8.80. The lowest BCUT2D eigenvalue weighted by atomic mass is 9.96. The molecule has 0 aliphatic carbocycles. The van der Waals surface area contributed by atoms with Crippen molar-refractivity contribution in [2.45, 2.75) is 43.7 Å². The Kier molecular flexibility index (Phi) is 6.90. The first kappa shape index (κ1) is 15.0. The van der Waals surface area contributed by atoms with Gasteiger partial charge in [0.2, 0.25) is 0 Å². The summed E-state index contributed by atoms with van der Waals surface area (Å²) in [6.45, 7) is 0.801. The van der Waals surface area contributed by atoms with Gasteiger partial charge in [-0.15, -0.1) is 0 Å². The summed E-state index contributed by atoms with van der Waals surface area (Å²) in [4.78, 5) is 20.4. The first-order valence-corrected chi connectivity index (χ1v) is 4.83. The minimum Gasteiger partial charge on any atom is -0.394 e. The Morgan fingerprint density at radius 3 is 1.69 bits per heavy atom. The van der Waals surface area contributed by atoms with E-state index in [1.807, 2.05) is 0 Å². The molecule has 0 saturated heterocycles. The highest BCUT2D eigenvalue weighted by atomic mass is 16.4. The molecule has 0 aliphatic heterocycles. The summed E-state index contributed by atoms with van der Waals surface area (Å²) in [7, 11) is 0. The van der Waals surface area contributed by atoms with Crippen LogP contribution in [0.1, 0.15) is 13.3 Å². The van der Waals surface area contributed by atoms with Crippen molar-refractivity contribution < 1.29 is 20.4 Å². The van der Waals surface area contributed by atoms with E-state index in [2.05, 4.69) is 10.4 Å². The Morgan fingerprint density at radius 1 is 0.938 bits per heavy atom. The summed E-state index contributed by atoms with van der Waals surface area (Å²) in [6, 6.07) is -2.54. The van der Waals surface area contributed by atoms with Gasteiger partial charge < -0.3 is 20.4 Å². The standard InChI is InChI=1S/C8H16N2O6/c1-2-4(9-15)6(12)8(14)7(13)5(3-11)10-16/h4-8,11-14H,2-3H2,1H3. The molecular weight excluding hydrogens is 220 g/mol. The third kappa shape index (κ3) is 3.56. The van der Waals surface area contributed by atoms with Crippen molar-refractivity contribution in [1.82, 2.24) is 0 Å². The Labute approximate surface area is 91.9 Å². The Hall–Kier alpha value is -0.960. The lowest BCUT2D eigenvalue weighted by Gasteiger charge is -2.26. The molecule has 0 bridgehead atoms. The normalized spacial score (nSPS) is 20.6. The van der Waals surface area contributed by atoms with Crippen LogP contribution in [-0.2, 0) is 0 Å². The summed E-state index contributed by atoms with van der Waals surface area (Å²) in [5.41, 5.74) is 0. The van der Waals surface area contributed by atoms with Gasteiger partial charge in [0.1, 0.15) is 30.4 Å². The van der Waals surface area contributed by atoms with E-state index >= 15 is 0 Å². The molecule has 0 heterocycles. The van der Waals surface area contributed by atoms with Crippen molar-refractivity contribution in [3.05, 3.63) is 9.81 Å². The zero-order valence-corrected chi connectivity index (χ0v) is 8.80. The van der Waals surface area contributed by atoms with E-state index < -0.39 is 37.0 Å². The average molecular weight is 236 g/mol. The van der Waals surface area contributed by atoms with Gasteiger partial charge in [-0.25, -0.2) is 0 Å². The summed E-state index contributed by atoms with van der Waals surface area (Å²) in [5, 5.41) is 41.9. The summed E-state index contributed by atoms with van der Waals surface area (Å²) in [5.74, 6) is 0. The quantitative estimate of drug-likeness (QED) is 0.388. The number of nitrogens with zero attached hydrogens (tertiary/aromatic N) is 2. The molecule has 4 N–H and O–H groups in total. The smallest absolute Gasteiger partial charge is 0.143 e. The number of rotatable bonds is 8. The number of hydrogen-bond acceptors (Lipinski definition) is 8. The molecular formula is C8H16N2O6. The molecule has 0 spiro atoms. The van der Waals surface area contributed by atoms with Gasteiger partial charge in [-0.2, -0.15) is 9.81 Å². The van der Waals surface area contributed by atoms with Crippen LogP contribution in [0.4, 0.5) is 0 Å². The van der Waals surface area contributed by atoms with Crippen molar-refractivity contribution in [2.75, 3.05) is 6.61 Å². The van der Waals surface area contributed by atoms with Crippen LogP contribution in [0, 0.1) is 9.81 Å². The molecule has 0 amide bonds. The third-order valence-electron chi connectivity index (χ3n) is 2.36. The third-order valence-corrected chi connectivity index (χ3v) is 2.36. The largest absolute Gasteiger partial charge is 0.394 e. The van der Waals surface area contributed by atoms with Crippen LogP contribution in [0.5, 0.6) is 0 Å². The molecule has 0 fully saturated rings. The highest BCUT2D eigenvalue weighted by Gasteiger charge is 2.35. The Balaban J connectivity index is 4.57. The predicted octanol–water partition coefficient (Wildman–Crippen LogP) is -1.26. The van der Waals surface area contributed by atoms with Crippen LogP contribution >= 0.6 is 0 Å². The molecule has 5 unspecified atom stereocenters. The number of nitroso groups, excluding NO2 is 2. The van der Waals surface area contributed by atoms with Crippen LogP contribution in [0.25, 0.3) is 0 Å².